The van der Waals surface area contributed by atoms with Gasteiger partial charge in [0.25, 0.3) is 0 Å². The molecule has 88 valence electrons. The molecule has 0 aliphatic rings. The van der Waals surface area contributed by atoms with Gasteiger partial charge < -0.3 is 9.47 Å². The van der Waals surface area contributed by atoms with E-state index in [-0.39, 0.29) is 12.2 Å². The molecular formula is C14H20O2. The Kier molecular flexibility index (Phi) is 5.23. The van der Waals surface area contributed by atoms with Crippen LogP contribution in [0.25, 0.3) is 0 Å². The van der Waals surface area contributed by atoms with Crippen molar-refractivity contribution in [3.8, 4) is 0 Å². The molecule has 0 amide bonds. The van der Waals surface area contributed by atoms with Gasteiger partial charge in [-0.05, 0) is 18.1 Å². The average Bonchev–Trinajstić information content (AvgIpc) is 2.35. The fourth-order valence-corrected chi connectivity index (χ4v) is 1.58. The smallest absolute Gasteiger partial charge is 0.0859 e. The first-order chi connectivity index (χ1) is 7.69. The summed E-state index contributed by atoms with van der Waals surface area (Å²) in [7, 11) is 3.42. The third-order valence-electron chi connectivity index (χ3n) is 2.83. The first-order valence-electron chi connectivity index (χ1n) is 5.47. The van der Waals surface area contributed by atoms with Crippen LogP contribution in [-0.4, -0.2) is 20.3 Å². The van der Waals surface area contributed by atoms with E-state index in [1.54, 1.807) is 14.2 Å². The molecule has 2 nitrogen and oxygen atoms in total. The zero-order valence-electron chi connectivity index (χ0n) is 10.3. The van der Waals surface area contributed by atoms with Gasteiger partial charge >= 0.3 is 0 Å². The number of ether oxygens (including phenoxy) is 2. The normalized spacial score (nSPS) is 14.4. The van der Waals surface area contributed by atoms with Crippen molar-refractivity contribution in [1.82, 2.24) is 0 Å². The molecule has 2 atom stereocenters. The van der Waals surface area contributed by atoms with Crippen molar-refractivity contribution in [2.75, 3.05) is 14.2 Å². The summed E-state index contributed by atoms with van der Waals surface area (Å²) in [5.74, 6) is 0. The van der Waals surface area contributed by atoms with Crippen LogP contribution in [0, 0.1) is 0 Å². The molecule has 1 aromatic rings. The summed E-state index contributed by atoms with van der Waals surface area (Å²) in [4.78, 5) is 0. The molecule has 2 heteroatoms. The summed E-state index contributed by atoms with van der Waals surface area (Å²) in [5, 5.41) is 0. The lowest BCUT2D eigenvalue weighted by Gasteiger charge is -2.20. The molecule has 0 aliphatic heterocycles. The van der Waals surface area contributed by atoms with E-state index < -0.39 is 0 Å². The van der Waals surface area contributed by atoms with Crippen LogP contribution in [-0.2, 0) is 9.47 Å². The second kappa shape index (κ2) is 6.46. The standard InChI is InChI=1S/C14H20O2/c1-11(12(2)15-3)10-14(16-4)13-8-6-5-7-9-13/h5-9,12,14H,1,10H2,2-4H3/t12-,14-/m1/s1. The Morgan fingerprint density at radius 1 is 1.19 bits per heavy atom. The minimum absolute atomic E-state index is 0.0614. The topological polar surface area (TPSA) is 18.5 Å². The summed E-state index contributed by atoms with van der Waals surface area (Å²) in [5.41, 5.74) is 2.23. The Hall–Kier alpha value is -1.12. The van der Waals surface area contributed by atoms with Gasteiger partial charge in [-0.2, -0.15) is 0 Å². The maximum atomic E-state index is 5.49. The lowest BCUT2D eigenvalue weighted by atomic mass is 9.99. The van der Waals surface area contributed by atoms with Crippen molar-refractivity contribution >= 4 is 0 Å². The maximum absolute atomic E-state index is 5.49. The third kappa shape index (κ3) is 3.47. The summed E-state index contributed by atoms with van der Waals surface area (Å²) in [6.45, 7) is 6.03. The Labute approximate surface area is 97.9 Å². The molecule has 0 saturated carbocycles. The van der Waals surface area contributed by atoms with E-state index in [9.17, 15) is 0 Å². The van der Waals surface area contributed by atoms with Gasteiger partial charge in [-0.15, -0.1) is 0 Å². The molecule has 0 heterocycles. The Morgan fingerprint density at radius 2 is 1.81 bits per heavy atom. The van der Waals surface area contributed by atoms with Gasteiger partial charge in [-0.3, -0.25) is 0 Å². The molecule has 0 bridgehead atoms. The zero-order chi connectivity index (χ0) is 12.0. The van der Waals surface area contributed by atoms with E-state index in [2.05, 4.69) is 18.7 Å². The monoisotopic (exact) mass is 220 g/mol. The van der Waals surface area contributed by atoms with Crippen LogP contribution in [0.15, 0.2) is 42.5 Å². The first-order valence-corrected chi connectivity index (χ1v) is 5.47. The van der Waals surface area contributed by atoms with Crippen molar-refractivity contribution in [2.45, 2.75) is 25.6 Å². The van der Waals surface area contributed by atoms with Crippen LogP contribution >= 0.6 is 0 Å². The summed E-state index contributed by atoms with van der Waals surface area (Å²) in [6, 6.07) is 10.2. The molecule has 0 saturated heterocycles. The van der Waals surface area contributed by atoms with Crippen LogP contribution in [0.4, 0.5) is 0 Å². The highest BCUT2D eigenvalue weighted by Crippen LogP contribution is 2.25. The highest BCUT2D eigenvalue weighted by molar-refractivity contribution is 5.20. The molecule has 0 fully saturated rings. The largest absolute Gasteiger partial charge is 0.377 e. The van der Waals surface area contributed by atoms with Gasteiger partial charge in [0, 0.05) is 20.6 Å². The second-order valence-corrected chi connectivity index (χ2v) is 3.88. The van der Waals surface area contributed by atoms with Crippen LogP contribution in [0.2, 0.25) is 0 Å². The van der Waals surface area contributed by atoms with Gasteiger partial charge in [0.15, 0.2) is 0 Å². The minimum atomic E-state index is 0.0614. The van der Waals surface area contributed by atoms with Crippen molar-refractivity contribution in [3.05, 3.63) is 48.0 Å². The van der Waals surface area contributed by atoms with Gasteiger partial charge in [-0.1, -0.05) is 36.9 Å². The fourth-order valence-electron chi connectivity index (χ4n) is 1.58. The molecule has 0 N–H and O–H groups in total. The predicted molar refractivity (Wildman–Crippen MR) is 66.4 cm³/mol. The van der Waals surface area contributed by atoms with E-state index in [4.69, 9.17) is 9.47 Å². The van der Waals surface area contributed by atoms with Crippen molar-refractivity contribution in [1.29, 1.82) is 0 Å². The summed E-state index contributed by atoms with van der Waals surface area (Å²) >= 11 is 0. The van der Waals surface area contributed by atoms with E-state index in [1.807, 2.05) is 25.1 Å². The highest BCUT2D eigenvalue weighted by Gasteiger charge is 2.14. The number of hydrogen-bond acceptors (Lipinski definition) is 2. The molecule has 0 spiro atoms. The van der Waals surface area contributed by atoms with Crippen molar-refractivity contribution in [3.63, 3.8) is 0 Å². The quantitative estimate of drug-likeness (QED) is 0.684. The Balaban J connectivity index is 2.66. The maximum Gasteiger partial charge on any atom is 0.0859 e. The first kappa shape index (κ1) is 12.9. The molecule has 0 unspecified atom stereocenters. The number of hydrogen-bond donors (Lipinski definition) is 0. The number of rotatable bonds is 6. The fraction of sp³-hybridized carbons (Fsp3) is 0.429. The van der Waals surface area contributed by atoms with Gasteiger partial charge in [0.2, 0.25) is 0 Å². The van der Waals surface area contributed by atoms with Crippen molar-refractivity contribution < 1.29 is 9.47 Å². The predicted octanol–water partition coefficient (Wildman–Crippen LogP) is 3.36. The van der Waals surface area contributed by atoms with E-state index in [1.165, 1.54) is 5.56 Å². The molecule has 0 radical (unpaired) electrons. The van der Waals surface area contributed by atoms with E-state index >= 15 is 0 Å². The molecular weight excluding hydrogens is 200 g/mol. The SMILES string of the molecule is C=C(C[C@@H](OC)c1ccccc1)[C@@H](C)OC. The van der Waals surface area contributed by atoms with Gasteiger partial charge in [0.1, 0.15) is 0 Å². The lowest BCUT2D eigenvalue weighted by Crippen LogP contribution is -2.12. The average molecular weight is 220 g/mol. The molecule has 1 rings (SSSR count). The number of benzene rings is 1. The van der Waals surface area contributed by atoms with Crippen LogP contribution < -0.4 is 0 Å². The highest BCUT2D eigenvalue weighted by atomic mass is 16.5. The van der Waals surface area contributed by atoms with E-state index in [0.717, 1.165) is 12.0 Å². The Morgan fingerprint density at radius 3 is 2.31 bits per heavy atom. The third-order valence-corrected chi connectivity index (χ3v) is 2.83. The zero-order valence-corrected chi connectivity index (χ0v) is 10.3. The van der Waals surface area contributed by atoms with Gasteiger partial charge in [0.05, 0.1) is 12.2 Å². The lowest BCUT2D eigenvalue weighted by molar-refractivity contribution is 0.0886. The molecule has 16 heavy (non-hydrogen) atoms. The van der Waals surface area contributed by atoms with Crippen LogP contribution in [0.3, 0.4) is 0 Å². The Bertz CT molecular complexity index is 319. The summed E-state index contributed by atoms with van der Waals surface area (Å²) < 4.78 is 10.7. The molecule has 1 aromatic carbocycles. The van der Waals surface area contributed by atoms with Gasteiger partial charge in [-0.25, -0.2) is 0 Å². The minimum Gasteiger partial charge on any atom is -0.377 e. The van der Waals surface area contributed by atoms with Crippen LogP contribution in [0.1, 0.15) is 25.0 Å². The molecule has 0 aromatic heterocycles. The van der Waals surface area contributed by atoms with Crippen molar-refractivity contribution in [2.24, 2.45) is 0 Å². The second-order valence-electron chi connectivity index (χ2n) is 3.88. The number of methoxy groups -OCH3 is 2. The summed E-state index contributed by atoms with van der Waals surface area (Å²) in [6.07, 6.45) is 0.919. The van der Waals surface area contributed by atoms with E-state index in [0.29, 0.717) is 0 Å². The van der Waals surface area contributed by atoms with Crippen LogP contribution in [0.5, 0.6) is 0 Å². The molecule has 0 aliphatic carbocycles.